The lowest BCUT2D eigenvalue weighted by Gasteiger charge is -2.08. The van der Waals surface area contributed by atoms with Crippen molar-refractivity contribution in [3.05, 3.63) is 48.2 Å². The minimum atomic E-state index is -2.52. The first kappa shape index (κ1) is 17.9. The highest BCUT2D eigenvalue weighted by Gasteiger charge is 2.14. The highest BCUT2D eigenvalue weighted by molar-refractivity contribution is 5.84. The van der Waals surface area contributed by atoms with Crippen LogP contribution in [-0.2, 0) is 14.1 Å². The number of aromatic nitrogens is 5. The Hall–Kier alpha value is -3.49. The van der Waals surface area contributed by atoms with Gasteiger partial charge in [0.1, 0.15) is 17.4 Å². The first-order valence-corrected chi connectivity index (χ1v) is 8.52. The Morgan fingerprint density at radius 2 is 1.93 bits per heavy atom. The largest absolute Gasteiger partial charge is 0.496 e. The number of hydrogen-bond acceptors (Lipinski definition) is 5. The highest BCUT2D eigenvalue weighted by Crippen LogP contribution is 2.30. The van der Waals surface area contributed by atoms with Crippen molar-refractivity contribution in [1.82, 2.24) is 24.5 Å². The normalized spacial score (nSPS) is 11.4. The molecule has 0 saturated carbocycles. The molecular formula is C19H18F2N6O. The lowest BCUT2D eigenvalue weighted by Crippen LogP contribution is -2.02. The predicted molar refractivity (Wildman–Crippen MR) is 102 cm³/mol. The number of fused-ring (bicyclic) bond motifs is 1. The van der Waals surface area contributed by atoms with Crippen molar-refractivity contribution in [3.8, 4) is 17.0 Å². The predicted octanol–water partition coefficient (Wildman–Crippen LogP) is 4.06. The van der Waals surface area contributed by atoms with Gasteiger partial charge in [0, 0.05) is 37.4 Å². The maximum atomic E-state index is 13.0. The second kappa shape index (κ2) is 6.91. The SMILES string of the molecule is COc1cc(Nc2cc(-c3cccc(C(F)F)c3)nn2C)nc2c1cnn2C. The van der Waals surface area contributed by atoms with Gasteiger partial charge in [-0.15, -0.1) is 0 Å². The number of alkyl halides is 2. The number of pyridine rings is 1. The standard InChI is InChI=1S/C19H18F2N6O/c1-26-17(8-14(25-26)11-5-4-6-12(7-11)18(20)21)23-16-9-15(28-3)13-10-22-27(2)19(13)24-16/h4-10,18H,1-3H3,(H,23,24). The fourth-order valence-electron chi connectivity index (χ4n) is 3.01. The molecule has 0 unspecified atom stereocenters. The summed E-state index contributed by atoms with van der Waals surface area (Å²) in [4.78, 5) is 4.57. The third-order valence-corrected chi connectivity index (χ3v) is 4.46. The molecule has 7 nitrogen and oxygen atoms in total. The first-order chi connectivity index (χ1) is 13.5. The summed E-state index contributed by atoms with van der Waals surface area (Å²) >= 11 is 0. The summed E-state index contributed by atoms with van der Waals surface area (Å²) in [5.74, 6) is 1.87. The molecule has 3 aromatic heterocycles. The number of hydrogen-bond donors (Lipinski definition) is 1. The minimum absolute atomic E-state index is 0.0364. The molecule has 4 aromatic rings. The first-order valence-electron chi connectivity index (χ1n) is 8.52. The summed E-state index contributed by atoms with van der Waals surface area (Å²) in [7, 11) is 5.16. The van der Waals surface area contributed by atoms with Crippen LogP contribution in [0.4, 0.5) is 20.4 Å². The van der Waals surface area contributed by atoms with Gasteiger partial charge in [0.15, 0.2) is 5.65 Å². The quantitative estimate of drug-likeness (QED) is 0.562. The molecule has 0 saturated heterocycles. The molecule has 0 amide bonds. The Morgan fingerprint density at radius 1 is 1.11 bits per heavy atom. The number of anilines is 2. The van der Waals surface area contributed by atoms with Crippen LogP contribution in [0, 0.1) is 0 Å². The van der Waals surface area contributed by atoms with E-state index in [1.807, 2.05) is 0 Å². The van der Waals surface area contributed by atoms with Gasteiger partial charge in [0.05, 0.1) is 24.4 Å². The second-order valence-electron chi connectivity index (χ2n) is 6.30. The number of ether oxygens (including phenoxy) is 1. The average Bonchev–Trinajstić information content (AvgIpc) is 3.24. The zero-order valence-electron chi connectivity index (χ0n) is 15.5. The van der Waals surface area contributed by atoms with E-state index in [2.05, 4.69) is 20.5 Å². The topological polar surface area (TPSA) is 69.8 Å². The molecule has 1 aromatic carbocycles. The third kappa shape index (κ3) is 3.15. The molecule has 0 fully saturated rings. The fraction of sp³-hybridized carbons (Fsp3) is 0.211. The van der Waals surface area contributed by atoms with Gasteiger partial charge in [0.25, 0.3) is 6.43 Å². The van der Waals surface area contributed by atoms with E-state index < -0.39 is 6.43 Å². The van der Waals surface area contributed by atoms with Crippen molar-refractivity contribution in [2.75, 3.05) is 12.4 Å². The van der Waals surface area contributed by atoms with Gasteiger partial charge in [-0.3, -0.25) is 9.36 Å². The van der Waals surface area contributed by atoms with Crippen molar-refractivity contribution in [2.24, 2.45) is 14.1 Å². The van der Waals surface area contributed by atoms with E-state index in [-0.39, 0.29) is 5.56 Å². The van der Waals surface area contributed by atoms with Crippen LogP contribution in [0.25, 0.3) is 22.3 Å². The lowest BCUT2D eigenvalue weighted by molar-refractivity contribution is 0.151. The fourth-order valence-corrected chi connectivity index (χ4v) is 3.01. The summed E-state index contributed by atoms with van der Waals surface area (Å²) in [6.45, 7) is 0. The van der Waals surface area contributed by atoms with Gasteiger partial charge in [0.2, 0.25) is 0 Å². The summed E-state index contributed by atoms with van der Waals surface area (Å²) in [6, 6.07) is 9.75. The number of aryl methyl sites for hydroxylation is 2. The molecule has 0 bridgehead atoms. The average molecular weight is 384 g/mol. The van der Waals surface area contributed by atoms with E-state index in [0.717, 1.165) is 5.39 Å². The molecule has 1 N–H and O–H groups in total. The Labute approximate surface area is 159 Å². The smallest absolute Gasteiger partial charge is 0.263 e. The Bertz CT molecular complexity index is 1150. The highest BCUT2D eigenvalue weighted by atomic mass is 19.3. The van der Waals surface area contributed by atoms with E-state index in [4.69, 9.17) is 4.74 Å². The summed E-state index contributed by atoms with van der Waals surface area (Å²) in [6.07, 6.45) is -0.827. The molecule has 9 heteroatoms. The third-order valence-electron chi connectivity index (χ3n) is 4.46. The van der Waals surface area contributed by atoms with Gasteiger partial charge in [-0.2, -0.15) is 10.2 Å². The molecule has 28 heavy (non-hydrogen) atoms. The number of nitrogens with one attached hydrogen (secondary N) is 1. The minimum Gasteiger partial charge on any atom is -0.496 e. The van der Waals surface area contributed by atoms with Crippen LogP contribution in [-0.4, -0.2) is 31.7 Å². The Morgan fingerprint density at radius 3 is 2.68 bits per heavy atom. The van der Waals surface area contributed by atoms with Crippen molar-refractivity contribution in [3.63, 3.8) is 0 Å². The maximum Gasteiger partial charge on any atom is 0.263 e. The van der Waals surface area contributed by atoms with Crippen LogP contribution < -0.4 is 10.1 Å². The van der Waals surface area contributed by atoms with Crippen molar-refractivity contribution >= 4 is 22.7 Å². The van der Waals surface area contributed by atoms with E-state index in [1.165, 1.54) is 12.1 Å². The van der Waals surface area contributed by atoms with E-state index in [0.29, 0.717) is 34.3 Å². The van der Waals surface area contributed by atoms with Gasteiger partial charge >= 0.3 is 0 Å². The van der Waals surface area contributed by atoms with Gasteiger partial charge in [-0.05, 0) is 6.07 Å². The molecule has 0 aliphatic carbocycles. The summed E-state index contributed by atoms with van der Waals surface area (Å²) in [5, 5.41) is 12.6. The summed E-state index contributed by atoms with van der Waals surface area (Å²) in [5.41, 5.74) is 1.84. The molecule has 3 heterocycles. The van der Waals surface area contributed by atoms with E-state index in [1.54, 1.807) is 61.0 Å². The molecule has 0 spiro atoms. The number of benzene rings is 1. The molecule has 0 aliphatic heterocycles. The number of methoxy groups -OCH3 is 1. The van der Waals surface area contributed by atoms with Gasteiger partial charge in [-0.25, -0.2) is 13.8 Å². The van der Waals surface area contributed by atoms with Gasteiger partial charge < -0.3 is 10.1 Å². The number of halogens is 2. The molecular weight excluding hydrogens is 366 g/mol. The van der Waals surface area contributed by atoms with Gasteiger partial charge in [-0.1, -0.05) is 18.2 Å². The van der Waals surface area contributed by atoms with Crippen molar-refractivity contribution in [2.45, 2.75) is 6.43 Å². The Kier molecular flexibility index (Phi) is 4.42. The molecule has 144 valence electrons. The van der Waals surface area contributed by atoms with Crippen LogP contribution in [0.3, 0.4) is 0 Å². The second-order valence-corrected chi connectivity index (χ2v) is 6.30. The molecule has 0 radical (unpaired) electrons. The monoisotopic (exact) mass is 384 g/mol. The van der Waals surface area contributed by atoms with E-state index in [9.17, 15) is 8.78 Å². The zero-order valence-corrected chi connectivity index (χ0v) is 15.5. The zero-order chi connectivity index (χ0) is 19.8. The number of rotatable bonds is 5. The molecule has 0 atom stereocenters. The Balaban J connectivity index is 1.69. The molecule has 4 rings (SSSR count). The van der Waals surface area contributed by atoms with Crippen molar-refractivity contribution in [1.29, 1.82) is 0 Å². The van der Waals surface area contributed by atoms with Crippen LogP contribution in [0.2, 0.25) is 0 Å². The van der Waals surface area contributed by atoms with Crippen LogP contribution >= 0.6 is 0 Å². The lowest BCUT2D eigenvalue weighted by atomic mass is 10.1. The van der Waals surface area contributed by atoms with Crippen LogP contribution in [0.15, 0.2) is 42.6 Å². The molecule has 0 aliphatic rings. The van der Waals surface area contributed by atoms with Crippen LogP contribution in [0.1, 0.15) is 12.0 Å². The van der Waals surface area contributed by atoms with E-state index >= 15 is 0 Å². The van der Waals surface area contributed by atoms with Crippen molar-refractivity contribution < 1.29 is 13.5 Å². The number of nitrogens with zero attached hydrogens (tertiary/aromatic N) is 5. The summed E-state index contributed by atoms with van der Waals surface area (Å²) < 4.78 is 34.7. The van der Waals surface area contributed by atoms with Crippen LogP contribution in [0.5, 0.6) is 5.75 Å². The maximum absolute atomic E-state index is 13.0.